The zero-order chi connectivity index (χ0) is 17.3. The van der Waals surface area contributed by atoms with Crippen LogP contribution in [0.1, 0.15) is 10.4 Å². The first-order chi connectivity index (χ1) is 11.3. The highest BCUT2D eigenvalue weighted by atomic mass is 32.2. The number of hydrogen-bond donors (Lipinski definition) is 1. The van der Waals surface area contributed by atoms with Gasteiger partial charge in [0.1, 0.15) is 0 Å². The largest absolute Gasteiger partial charge is 0.329 e. The van der Waals surface area contributed by atoms with Gasteiger partial charge in [-0.05, 0) is 47.7 Å². The van der Waals surface area contributed by atoms with Gasteiger partial charge in [-0.3, -0.25) is 9.59 Å². The molecule has 0 spiro atoms. The van der Waals surface area contributed by atoms with Crippen LogP contribution in [0.15, 0.2) is 40.6 Å². The van der Waals surface area contributed by atoms with E-state index in [1.807, 2.05) is 11.4 Å². The smallest absolute Gasteiger partial charge is 0.313 e. The van der Waals surface area contributed by atoms with E-state index in [0.717, 1.165) is 17.6 Å². The summed E-state index contributed by atoms with van der Waals surface area (Å²) in [5.41, 5.74) is 1.62. The van der Waals surface area contributed by atoms with Crippen LogP contribution in [0, 0.1) is 0 Å². The molecule has 6 nitrogen and oxygen atoms in total. The third-order valence-corrected chi connectivity index (χ3v) is 5.92. The van der Waals surface area contributed by atoms with Crippen molar-refractivity contribution in [2.24, 2.45) is 0 Å². The Kier molecular flexibility index (Phi) is 4.42. The number of thiophene rings is 1. The normalized spacial score (nSPS) is 14.1. The third-order valence-electron chi connectivity index (χ3n) is 3.85. The third kappa shape index (κ3) is 3.49. The number of carbonyl (C=O) groups excluding carboxylic acids is 2. The van der Waals surface area contributed by atoms with Crippen LogP contribution in [0.2, 0.25) is 0 Å². The Morgan fingerprint density at radius 3 is 2.54 bits per heavy atom. The van der Waals surface area contributed by atoms with E-state index < -0.39 is 21.7 Å². The highest BCUT2D eigenvalue weighted by molar-refractivity contribution is 7.90. The second-order valence-corrected chi connectivity index (χ2v) is 8.61. The molecule has 3 rings (SSSR count). The minimum Gasteiger partial charge on any atom is -0.329 e. The number of hydrogen-bond acceptors (Lipinski definition) is 5. The number of amides is 2. The van der Waals surface area contributed by atoms with Gasteiger partial charge in [0.15, 0.2) is 9.84 Å². The molecular formula is C16H16N2O4S2. The lowest BCUT2D eigenvalue weighted by Gasteiger charge is -2.26. The molecule has 1 aromatic heterocycles. The lowest BCUT2D eigenvalue weighted by Crippen LogP contribution is -2.42. The molecule has 8 heteroatoms. The second-order valence-electron chi connectivity index (χ2n) is 5.60. The summed E-state index contributed by atoms with van der Waals surface area (Å²) < 4.78 is 22.8. The number of carbonyl (C=O) groups is 2. The standard InChI is InChI=1S/C16H16N2O4S2/c1-24(21,22)13-4-2-12(3-5-13)17-15(19)16(20)18-8-6-11-7-9-23-14(11)10-18/h2-5,7,9H,6,8,10H2,1H3,(H,17,19). The van der Waals surface area contributed by atoms with E-state index in [0.29, 0.717) is 18.8 Å². The molecule has 1 aliphatic heterocycles. The second kappa shape index (κ2) is 6.37. The lowest BCUT2D eigenvalue weighted by molar-refractivity contribution is -0.143. The van der Waals surface area contributed by atoms with Crippen LogP contribution >= 0.6 is 11.3 Å². The van der Waals surface area contributed by atoms with E-state index in [2.05, 4.69) is 5.32 Å². The van der Waals surface area contributed by atoms with Gasteiger partial charge in [-0.25, -0.2) is 8.42 Å². The highest BCUT2D eigenvalue weighted by Gasteiger charge is 2.26. The van der Waals surface area contributed by atoms with Gasteiger partial charge in [-0.15, -0.1) is 11.3 Å². The topological polar surface area (TPSA) is 83.5 Å². The Balaban J connectivity index is 1.66. The predicted molar refractivity (Wildman–Crippen MR) is 91.6 cm³/mol. The molecule has 0 fully saturated rings. The number of nitrogens with zero attached hydrogens (tertiary/aromatic N) is 1. The van der Waals surface area contributed by atoms with Crippen LogP contribution in [0.5, 0.6) is 0 Å². The lowest BCUT2D eigenvalue weighted by atomic mass is 10.1. The van der Waals surface area contributed by atoms with Crippen molar-refractivity contribution >= 4 is 38.7 Å². The van der Waals surface area contributed by atoms with Gasteiger partial charge in [0.25, 0.3) is 0 Å². The molecule has 1 aliphatic rings. The van der Waals surface area contributed by atoms with E-state index >= 15 is 0 Å². The van der Waals surface area contributed by atoms with Crippen molar-refractivity contribution in [3.05, 3.63) is 46.2 Å². The van der Waals surface area contributed by atoms with Crippen LogP contribution < -0.4 is 5.32 Å². The molecule has 2 aromatic rings. The van der Waals surface area contributed by atoms with Crippen molar-refractivity contribution in [1.82, 2.24) is 4.90 Å². The molecule has 126 valence electrons. The van der Waals surface area contributed by atoms with E-state index in [1.54, 1.807) is 11.3 Å². The summed E-state index contributed by atoms with van der Waals surface area (Å²) in [5.74, 6) is -1.30. The predicted octanol–water partition coefficient (Wildman–Crippen LogP) is 1.68. The highest BCUT2D eigenvalue weighted by Crippen LogP contribution is 2.24. The molecule has 2 heterocycles. The minimum atomic E-state index is -3.29. The first-order valence-electron chi connectivity index (χ1n) is 7.30. The van der Waals surface area contributed by atoms with Crippen LogP contribution in [0.4, 0.5) is 5.69 Å². The summed E-state index contributed by atoms with van der Waals surface area (Å²) in [7, 11) is -3.29. The van der Waals surface area contributed by atoms with Crippen molar-refractivity contribution in [2.75, 3.05) is 18.1 Å². The van der Waals surface area contributed by atoms with Crippen molar-refractivity contribution in [2.45, 2.75) is 17.9 Å². The fourth-order valence-electron chi connectivity index (χ4n) is 2.52. The minimum absolute atomic E-state index is 0.160. The molecule has 1 N–H and O–H groups in total. The Morgan fingerprint density at radius 2 is 1.88 bits per heavy atom. The Morgan fingerprint density at radius 1 is 1.17 bits per heavy atom. The van der Waals surface area contributed by atoms with E-state index in [4.69, 9.17) is 0 Å². The molecule has 0 bridgehead atoms. The Labute approximate surface area is 144 Å². The van der Waals surface area contributed by atoms with Gasteiger partial charge in [0.2, 0.25) is 0 Å². The number of benzene rings is 1. The summed E-state index contributed by atoms with van der Waals surface area (Å²) in [6.07, 6.45) is 1.86. The van der Waals surface area contributed by atoms with E-state index in [1.165, 1.54) is 34.7 Å². The first-order valence-corrected chi connectivity index (χ1v) is 10.1. The maximum atomic E-state index is 12.3. The van der Waals surface area contributed by atoms with Gasteiger partial charge in [-0.2, -0.15) is 0 Å². The zero-order valence-electron chi connectivity index (χ0n) is 13.0. The van der Waals surface area contributed by atoms with Crippen LogP contribution in [-0.2, 0) is 32.4 Å². The number of sulfone groups is 1. The summed E-state index contributed by atoms with van der Waals surface area (Å²) in [5, 5.41) is 4.50. The molecule has 0 saturated carbocycles. The number of anilines is 1. The molecule has 0 atom stereocenters. The summed E-state index contributed by atoms with van der Waals surface area (Å²) in [4.78, 5) is 27.2. The summed E-state index contributed by atoms with van der Waals surface area (Å²) in [6.45, 7) is 0.968. The van der Waals surface area contributed by atoms with Gasteiger partial charge >= 0.3 is 11.8 Å². The Bertz CT molecular complexity index is 885. The van der Waals surface area contributed by atoms with Crippen molar-refractivity contribution in [3.63, 3.8) is 0 Å². The van der Waals surface area contributed by atoms with E-state index in [-0.39, 0.29) is 4.90 Å². The maximum Gasteiger partial charge on any atom is 0.313 e. The van der Waals surface area contributed by atoms with E-state index in [9.17, 15) is 18.0 Å². The fraction of sp³-hybridized carbons (Fsp3) is 0.250. The maximum absolute atomic E-state index is 12.3. The van der Waals surface area contributed by atoms with Gasteiger partial charge in [0, 0.05) is 23.4 Å². The van der Waals surface area contributed by atoms with Crippen LogP contribution in [0.3, 0.4) is 0 Å². The average Bonchev–Trinajstić information content (AvgIpc) is 3.01. The van der Waals surface area contributed by atoms with Crippen LogP contribution in [-0.4, -0.2) is 37.9 Å². The van der Waals surface area contributed by atoms with Crippen molar-refractivity contribution in [3.8, 4) is 0 Å². The van der Waals surface area contributed by atoms with Gasteiger partial charge in [0.05, 0.1) is 11.4 Å². The fourth-order valence-corrected chi connectivity index (χ4v) is 4.10. The van der Waals surface area contributed by atoms with Crippen molar-refractivity contribution in [1.29, 1.82) is 0 Å². The monoisotopic (exact) mass is 364 g/mol. The number of fused-ring (bicyclic) bond motifs is 1. The zero-order valence-corrected chi connectivity index (χ0v) is 14.6. The van der Waals surface area contributed by atoms with Gasteiger partial charge in [-0.1, -0.05) is 0 Å². The molecule has 0 unspecified atom stereocenters. The first kappa shape index (κ1) is 16.7. The number of rotatable bonds is 2. The summed E-state index contributed by atoms with van der Waals surface area (Å²) in [6, 6.07) is 7.78. The SMILES string of the molecule is CS(=O)(=O)c1ccc(NC(=O)C(=O)N2CCc3ccsc3C2)cc1. The van der Waals surface area contributed by atoms with Crippen LogP contribution in [0.25, 0.3) is 0 Å². The van der Waals surface area contributed by atoms with Crippen molar-refractivity contribution < 1.29 is 18.0 Å². The number of nitrogens with one attached hydrogen (secondary N) is 1. The molecule has 2 amide bonds. The molecule has 1 aromatic carbocycles. The molecule has 24 heavy (non-hydrogen) atoms. The molecule has 0 saturated heterocycles. The molecular weight excluding hydrogens is 348 g/mol. The van der Waals surface area contributed by atoms with Gasteiger partial charge < -0.3 is 10.2 Å². The average molecular weight is 364 g/mol. The summed E-state index contributed by atoms with van der Waals surface area (Å²) >= 11 is 1.58. The quantitative estimate of drug-likeness (QED) is 0.822. The Hall–Kier alpha value is -2.19. The molecule has 0 radical (unpaired) electrons. The molecule has 0 aliphatic carbocycles.